The Balaban J connectivity index is 2.00. The predicted molar refractivity (Wildman–Crippen MR) is 78.8 cm³/mol. The lowest BCUT2D eigenvalue weighted by Crippen LogP contribution is -2.07. The predicted octanol–water partition coefficient (Wildman–Crippen LogP) is 4.74. The number of benzene rings is 1. The Labute approximate surface area is 120 Å². The van der Waals surface area contributed by atoms with Crippen LogP contribution < -0.4 is 4.74 Å². The SMILES string of the molecule is COc1cc(C(O)CC2CCCCCC2)ccc1Cl. The molecule has 1 unspecified atom stereocenters. The highest BCUT2D eigenvalue weighted by molar-refractivity contribution is 6.32. The molecule has 0 spiro atoms. The third-order valence-corrected chi connectivity index (χ3v) is 4.40. The highest BCUT2D eigenvalue weighted by Crippen LogP contribution is 2.33. The fourth-order valence-corrected chi connectivity index (χ4v) is 3.13. The molecule has 0 radical (unpaired) electrons. The maximum atomic E-state index is 10.4. The van der Waals surface area contributed by atoms with Crippen molar-refractivity contribution in [3.8, 4) is 5.75 Å². The van der Waals surface area contributed by atoms with Crippen LogP contribution in [0.4, 0.5) is 0 Å². The van der Waals surface area contributed by atoms with Crippen molar-refractivity contribution in [2.45, 2.75) is 51.0 Å². The van der Waals surface area contributed by atoms with E-state index in [9.17, 15) is 5.11 Å². The van der Waals surface area contributed by atoms with Crippen LogP contribution >= 0.6 is 11.6 Å². The zero-order valence-corrected chi connectivity index (χ0v) is 12.3. The molecule has 1 fully saturated rings. The van der Waals surface area contributed by atoms with Crippen LogP contribution in [0.5, 0.6) is 5.75 Å². The Morgan fingerprint density at radius 2 is 1.95 bits per heavy atom. The van der Waals surface area contributed by atoms with Gasteiger partial charge in [0.2, 0.25) is 0 Å². The van der Waals surface area contributed by atoms with Gasteiger partial charge in [0.05, 0.1) is 18.2 Å². The van der Waals surface area contributed by atoms with E-state index in [0.717, 1.165) is 12.0 Å². The lowest BCUT2D eigenvalue weighted by Gasteiger charge is -2.19. The van der Waals surface area contributed by atoms with Crippen LogP contribution in [-0.4, -0.2) is 12.2 Å². The molecule has 1 N–H and O–H groups in total. The second-order valence-electron chi connectivity index (χ2n) is 5.50. The number of halogens is 1. The zero-order chi connectivity index (χ0) is 13.7. The van der Waals surface area contributed by atoms with E-state index in [1.54, 1.807) is 13.2 Å². The first-order valence-electron chi connectivity index (χ1n) is 7.22. The second-order valence-corrected chi connectivity index (χ2v) is 5.91. The summed E-state index contributed by atoms with van der Waals surface area (Å²) < 4.78 is 5.20. The maximum Gasteiger partial charge on any atom is 0.137 e. The van der Waals surface area contributed by atoms with E-state index in [-0.39, 0.29) is 0 Å². The van der Waals surface area contributed by atoms with Crippen molar-refractivity contribution in [2.75, 3.05) is 7.11 Å². The molecular formula is C16H23ClO2. The molecule has 1 saturated carbocycles. The first-order valence-corrected chi connectivity index (χ1v) is 7.60. The fraction of sp³-hybridized carbons (Fsp3) is 0.625. The smallest absolute Gasteiger partial charge is 0.137 e. The van der Waals surface area contributed by atoms with E-state index >= 15 is 0 Å². The molecule has 19 heavy (non-hydrogen) atoms. The molecule has 0 heterocycles. The van der Waals surface area contributed by atoms with Crippen LogP contribution in [-0.2, 0) is 0 Å². The van der Waals surface area contributed by atoms with Gasteiger partial charge in [0.15, 0.2) is 0 Å². The lowest BCUT2D eigenvalue weighted by molar-refractivity contribution is 0.139. The van der Waals surface area contributed by atoms with Crippen molar-refractivity contribution in [1.82, 2.24) is 0 Å². The van der Waals surface area contributed by atoms with Gasteiger partial charge < -0.3 is 9.84 Å². The highest BCUT2D eigenvalue weighted by Gasteiger charge is 2.18. The standard InChI is InChI=1S/C16H23ClO2/c1-19-16-11-13(8-9-14(16)17)15(18)10-12-6-4-2-3-5-7-12/h8-9,11-12,15,18H,2-7,10H2,1H3. The molecule has 1 aromatic carbocycles. The molecule has 1 aliphatic rings. The maximum absolute atomic E-state index is 10.4. The van der Waals surface area contributed by atoms with E-state index in [1.807, 2.05) is 12.1 Å². The molecule has 2 rings (SSSR count). The van der Waals surface area contributed by atoms with Crippen molar-refractivity contribution >= 4 is 11.6 Å². The fourth-order valence-electron chi connectivity index (χ4n) is 2.94. The van der Waals surface area contributed by atoms with Gasteiger partial charge in [-0.3, -0.25) is 0 Å². The van der Waals surface area contributed by atoms with Crippen molar-refractivity contribution in [1.29, 1.82) is 0 Å². The van der Waals surface area contributed by atoms with Gasteiger partial charge in [-0.25, -0.2) is 0 Å². The molecule has 0 amide bonds. The summed E-state index contributed by atoms with van der Waals surface area (Å²) in [7, 11) is 1.60. The quantitative estimate of drug-likeness (QED) is 0.808. The average Bonchev–Trinajstić information content (AvgIpc) is 2.68. The summed E-state index contributed by atoms with van der Waals surface area (Å²) in [5.41, 5.74) is 0.908. The van der Waals surface area contributed by atoms with Gasteiger partial charge in [0.25, 0.3) is 0 Å². The normalized spacial score (nSPS) is 18.9. The summed E-state index contributed by atoms with van der Waals surface area (Å²) in [6.07, 6.45) is 8.26. The zero-order valence-electron chi connectivity index (χ0n) is 11.6. The average molecular weight is 283 g/mol. The van der Waals surface area contributed by atoms with Gasteiger partial charge in [-0.15, -0.1) is 0 Å². The molecule has 1 atom stereocenters. The topological polar surface area (TPSA) is 29.5 Å². The third kappa shape index (κ3) is 4.12. The van der Waals surface area contributed by atoms with Gasteiger partial charge in [0.1, 0.15) is 5.75 Å². The van der Waals surface area contributed by atoms with E-state index in [1.165, 1.54) is 38.5 Å². The summed E-state index contributed by atoms with van der Waals surface area (Å²) >= 11 is 6.01. The number of hydrogen-bond acceptors (Lipinski definition) is 2. The van der Waals surface area contributed by atoms with E-state index in [0.29, 0.717) is 16.7 Å². The minimum atomic E-state index is -0.408. The Bertz CT molecular complexity index is 398. The van der Waals surface area contributed by atoms with Gasteiger partial charge in [0, 0.05) is 0 Å². The molecule has 0 aromatic heterocycles. The van der Waals surface area contributed by atoms with Crippen LogP contribution in [0.3, 0.4) is 0 Å². The second kappa shape index (κ2) is 7.16. The third-order valence-electron chi connectivity index (χ3n) is 4.09. The van der Waals surface area contributed by atoms with E-state index in [2.05, 4.69) is 0 Å². The van der Waals surface area contributed by atoms with Crippen LogP contribution in [0.1, 0.15) is 56.6 Å². The van der Waals surface area contributed by atoms with Gasteiger partial charge >= 0.3 is 0 Å². The molecule has 0 bridgehead atoms. The number of aliphatic hydroxyl groups excluding tert-OH is 1. The van der Waals surface area contributed by atoms with Gasteiger partial charge in [-0.2, -0.15) is 0 Å². The van der Waals surface area contributed by atoms with Gasteiger partial charge in [-0.05, 0) is 30.0 Å². The van der Waals surface area contributed by atoms with Crippen LogP contribution in [0, 0.1) is 5.92 Å². The van der Waals surface area contributed by atoms with Crippen molar-refractivity contribution in [2.24, 2.45) is 5.92 Å². The molecule has 106 valence electrons. The Kier molecular flexibility index (Phi) is 5.53. The first-order chi connectivity index (χ1) is 9.20. The number of methoxy groups -OCH3 is 1. The summed E-state index contributed by atoms with van der Waals surface area (Å²) in [4.78, 5) is 0. The largest absolute Gasteiger partial charge is 0.495 e. The number of ether oxygens (including phenoxy) is 1. The summed E-state index contributed by atoms with van der Waals surface area (Å²) in [6, 6.07) is 5.54. The molecule has 1 aromatic rings. The summed E-state index contributed by atoms with van der Waals surface area (Å²) in [5, 5.41) is 11.0. The Hall–Kier alpha value is -0.730. The highest BCUT2D eigenvalue weighted by atomic mass is 35.5. The van der Waals surface area contributed by atoms with Crippen molar-refractivity contribution < 1.29 is 9.84 Å². The van der Waals surface area contributed by atoms with Crippen LogP contribution in [0.25, 0.3) is 0 Å². The molecule has 2 nitrogen and oxygen atoms in total. The van der Waals surface area contributed by atoms with Crippen molar-refractivity contribution in [3.05, 3.63) is 28.8 Å². The number of aliphatic hydroxyl groups is 1. The molecule has 0 saturated heterocycles. The van der Waals surface area contributed by atoms with Gasteiger partial charge in [-0.1, -0.05) is 56.2 Å². The first kappa shape index (κ1) is 14.7. The molecule has 0 aliphatic heterocycles. The molecule has 1 aliphatic carbocycles. The Morgan fingerprint density at radius 1 is 1.26 bits per heavy atom. The van der Waals surface area contributed by atoms with Crippen molar-refractivity contribution in [3.63, 3.8) is 0 Å². The summed E-state index contributed by atoms with van der Waals surface area (Å²) in [5.74, 6) is 1.29. The summed E-state index contributed by atoms with van der Waals surface area (Å²) in [6.45, 7) is 0. The molecular weight excluding hydrogens is 260 g/mol. The molecule has 3 heteroatoms. The lowest BCUT2D eigenvalue weighted by atomic mass is 9.91. The monoisotopic (exact) mass is 282 g/mol. The van der Waals surface area contributed by atoms with Crippen LogP contribution in [0.2, 0.25) is 5.02 Å². The number of hydrogen-bond donors (Lipinski definition) is 1. The van der Waals surface area contributed by atoms with E-state index < -0.39 is 6.10 Å². The minimum Gasteiger partial charge on any atom is -0.495 e. The Morgan fingerprint density at radius 3 is 2.58 bits per heavy atom. The van der Waals surface area contributed by atoms with E-state index in [4.69, 9.17) is 16.3 Å². The minimum absolute atomic E-state index is 0.408. The van der Waals surface area contributed by atoms with Crippen LogP contribution in [0.15, 0.2) is 18.2 Å². The number of rotatable bonds is 4.